The summed E-state index contributed by atoms with van der Waals surface area (Å²) in [5.74, 6) is 1.40. The highest BCUT2D eigenvalue weighted by Gasteiger charge is 2.20. The van der Waals surface area contributed by atoms with Gasteiger partial charge in [0, 0.05) is 11.8 Å². The van der Waals surface area contributed by atoms with Gasteiger partial charge in [-0.2, -0.15) is 0 Å². The van der Waals surface area contributed by atoms with Crippen LogP contribution in [-0.4, -0.2) is 17.3 Å². The lowest BCUT2D eigenvalue weighted by molar-refractivity contribution is 0.103. The molecule has 0 N–H and O–H groups in total. The second-order valence-electron chi connectivity index (χ2n) is 6.83. The van der Waals surface area contributed by atoms with Crippen LogP contribution in [0.15, 0.2) is 79.0 Å². The highest BCUT2D eigenvalue weighted by Crippen LogP contribution is 2.28. The molecule has 0 fully saturated rings. The molecule has 0 unspecified atom stereocenters. The lowest BCUT2D eigenvalue weighted by atomic mass is 10.0. The second-order valence-corrected chi connectivity index (χ2v) is 6.83. The zero-order chi connectivity index (χ0) is 20.2. The summed E-state index contributed by atoms with van der Waals surface area (Å²) in [5, 5.41) is 0. The van der Waals surface area contributed by atoms with Gasteiger partial charge in [0.1, 0.15) is 18.1 Å². The number of rotatable bonds is 7. The normalized spacial score (nSPS) is 10.8. The van der Waals surface area contributed by atoms with Crippen molar-refractivity contribution >= 4 is 11.3 Å². The quantitative estimate of drug-likeness (QED) is 0.404. The Balaban J connectivity index is 1.73. The third kappa shape index (κ3) is 3.74. The molecule has 0 saturated heterocycles. The number of aryl methyl sites for hydroxylation is 1. The van der Waals surface area contributed by atoms with E-state index >= 15 is 0 Å². The first-order valence-electron chi connectivity index (χ1n) is 9.69. The number of hydrogen-bond acceptors (Lipinski definition) is 3. The number of ketones is 1. The van der Waals surface area contributed by atoms with Gasteiger partial charge in [-0.25, -0.2) is 0 Å². The minimum Gasteiger partial charge on any atom is -0.497 e. The highest BCUT2D eigenvalue weighted by molar-refractivity contribution is 6.10. The molecule has 4 heteroatoms. The van der Waals surface area contributed by atoms with Crippen LogP contribution in [0, 0.1) is 0 Å². The van der Waals surface area contributed by atoms with Gasteiger partial charge in [0.15, 0.2) is 0 Å². The molecule has 2 aromatic carbocycles. The third-order valence-corrected chi connectivity index (χ3v) is 5.02. The average molecular weight is 385 g/mol. The Hall–Kier alpha value is -3.53. The Morgan fingerprint density at radius 1 is 0.966 bits per heavy atom. The van der Waals surface area contributed by atoms with Gasteiger partial charge < -0.3 is 13.9 Å². The predicted octanol–water partition coefficient (Wildman–Crippen LogP) is 5.32. The molecule has 0 aliphatic carbocycles. The minimum absolute atomic E-state index is 0.0269. The smallest absolute Gasteiger partial charge is 0.210 e. The molecule has 146 valence electrons. The van der Waals surface area contributed by atoms with E-state index in [1.54, 1.807) is 13.2 Å². The molecule has 0 aliphatic heterocycles. The number of fused-ring (bicyclic) bond motifs is 1. The van der Waals surface area contributed by atoms with Crippen LogP contribution in [0.25, 0.3) is 5.52 Å². The molecular weight excluding hydrogens is 362 g/mol. The predicted molar refractivity (Wildman–Crippen MR) is 114 cm³/mol. The average Bonchev–Trinajstić information content (AvgIpc) is 3.17. The maximum atomic E-state index is 13.3. The minimum atomic E-state index is -0.0269. The van der Waals surface area contributed by atoms with Crippen molar-refractivity contribution in [1.29, 1.82) is 0 Å². The van der Waals surface area contributed by atoms with E-state index in [0.29, 0.717) is 23.6 Å². The van der Waals surface area contributed by atoms with E-state index in [2.05, 4.69) is 6.92 Å². The lowest BCUT2D eigenvalue weighted by Gasteiger charge is -2.10. The van der Waals surface area contributed by atoms with Gasteiger partial charge in [-0.15, -0.1) is 0 Å². The van der Waals surface area contributed by atoms with E-state index in [4.69, 9.17) is 9.47 Å². The van der Waals surface area contributed by atoms with Crippen LogP contribution < -0.4 is 9.47 Å². The standard InChI is InChI=1S/C25H23NO3/c1-3-19-16-22-23(29-17-18-9-5-4-6-10-18)13-8-14-26(22)24(19)25(27)20-11-7-12-21(15-20)28-2/h4-16H,3,17H2,1-2H3. The monoisotopic (exact) mass is 385 g/mol. The molecule has 0 bridgehead atoms. The van der Waals surface area contributed by atoms with Gasteiger partial charge >= 0.3 is 0 Å². The van der Waals surface area contributed by atoms with Crippen molar-refractivity contribution in [1.82, 2.24) is 4.40 Å². The number of carbonyl (C=O) groups is 1. The summed E-state index contributed by atoms with van der Waals surface area (Å²) in [6, 6.07) is 23.2. The van der Waals surface area contributed by atoms with E-state index in [0.717, 1.165) is 28.8 Å². The number of pyridine rings is 1. The number of carbonyl (C=O) groups excluding carboxylic acids is 1. The fourth-order valence-electron chi connectivity index (χ4n) is 3.51. The van der Waals surface area contributed by atoms with Crippen LogP contribution in [0.4, 0.5) is 0 Å². The van der Waals surface area contributed by atoms with Crippen molar-refractivity contribution in [2.45, 2.75) is 20.0 Å². The first kappa shape index (κ1) is 18.8. The van der Waals surface area contributed by atoms with Crippen LogP contribution in [0.3, 0.4) is 0 Å². The Bertz CT molecular complexity index is 1150. The number of methoxy groups -OCH3 is 1. The van der Waals surface area contributed by atoms with Crippen molar-refractivity contribution in [2.24, 2.45) is 0 Å². The van der Waals surface area contributed by atoms with Crippen LogP contribution in [0.5, 0.6) is 11.5 Å². The summed E-state index contributed by atoms with van der Waals surface area (Å²) in [6.07, 6.45) is 2.67. The van der Waals surface area contributed by atoms with Crippen molar-refractivity contribution in [2.75, 3.05) is 7.11 Å². The first-order chi connectivity index (χ1) is 14.2. The van der Waals surface area contributed by atoms with E-state index < -0.39 is 0 Å². The lowest BCUT2D eigenvalue weighted by Crippen LogP contribution is -2.08. The van der Waals surface area contributed by atoms with Crippen molar-refractivity contribution in [3.8, 4) is 11.5 Å². The zero-order valence-corrected chi connectivity index (χ0v) is 16.6. The highest BCUT2D eigenvalue weighted by atomic mass is 16.5. The number of nitrogens with zero attached hydrogens (tertiary/aromatic N) is 1. The summed E-state index contributed by atoms with van der Waals surface area (Å²) >= 11 is 0. The van der Waals surface area contributed by atoms with E-state index in [-0.39, 0.29) is 5.78 Å². The van der Waals surface area contributed by atoms with E-state index in [1.165, 1.54) is 0 Å². The number of hydrogen-bond donors (Lipinski definition) is 0. The molecular formula is C25H23NO3. The number of benzene rings is 2. The Kier molecular flexibility index (Phi) is 5.34. The fourth-order valence-corrected chi connectivity index (χ4v) is 3.51. The zero-order valence-electron chi connectivity index (χ0n) is 16.6. The maximum Gasteiger partial charge on any atom is 0.210 e. The molecule has 0 spiro atoms. The largest absolute Gasteiger partial charge is 0.497 e. The molecule has 4 nitrogen and oxygen atoms in total. The molecule has 0 aliphatic rings. The third-order valence-electron chi connectivity index (χ3n) is 5.02. The number of aromatic nitrogens is 1. The molecule has 0 amide bonds. The van der Waals surface area contributed by atoms with Gasteiger partial charge in [0.2, 0.25) is 5.78 Å². The van der Waals surface area contributed by atoms with Crippen LogP contribution >= 0.6 is 0 Å². The molecule has 0 radical (unpaired) electrons. The Labute approximate surface area is 170 Å². The van der Waals surface area contributed by atoms with Gasteiger partial charge in [-0.1, -0.05) is 49.4 Å². The van der Waals surface area contributed by atoms with Crippen LogP contribution in [0.1, 0.15) is 34.1 Å². The summed E-state index contributed by atoms with van der Waals surface area (Å²) < 4.78 is 13.3. The van der Waals surface area contributed by atoms with Crippen molar-refractivity contribution < 1.29 is 14.3 Å². The van der Waals surface area contributed by atoms with Gasteiger partial charge in [-0.3, -0.25) is 4.79 Å². The van der Waals surface area contributed by atoms with Gasteiger partial charge in [0.05, 0.1) is 18.3 Å². The Morgan fingerprint density at radius 2 is 1.79 bits per heavy atom. The first-order valence-corrected chi connectivity index (χ1v) is 9.69. The summed E-state index contributed by atoms with van der Waals surface area (Å²) in [4.78, 5) is 13.3. The summed E-state index contributed by atoms with van der Waals surface area (Å²) in [7, 11) is 1.60. The molecule has 4 aromatic rings. The topological polar surface area (TPSA) is 39.9 Å². The summed E-state index contributed by atoms with van der Waals surface area (Å²) in [6.45, 7) is 2.54. The van der Waals surface area contributed by atoms with Crippen molar-refractivity contribution in [3.63, 3.8) is 0 Å². The van der Waals surface area contributed by atoms with Crippen LogP contribution in [0.2, 0.25) is 0 Å². The SMILES string of the molecule is CCc1cc2c(OCc3ccccc3)cccn2c1C(=O)c1cccc(OC)c1. The van der Waals surface area contributed by atoms with E-state index in [9.17, 15) is 4.79 Å². The van der Waals surface area contributed by atoms with Crippen molar-refractivity contribution in [3.05, 3.63) is 101 Å². The second kappa shape index (κ2) is 8.23. The maximum absolute atomic E-state index is 13.3. The van der Waals surface area contributed by atoms with Crippen LogP contribution in [-0.2, 0) is 13.0 Å². The number of ether oxygens (including phenoxy) is 2. The van der Waals surface area contributed by atoms with E-state index in [1.807, 2.05) is 77.3 Å². The Morgan fingerprint density at radius 3 is 2.55 bits per heavy atom. The molecule has 2 heterocycles. The molecule has 0 atom stereocenters. The fraction of sp³-hybridized carbons (Fsp3) is 0.160. The molecule has 4 rings (SSSR count). The van der Waals surface area contributed by atoms with Gasteiger partial charge in [-0.05, 0) is 47.9 Å². The summed E-state index contributed by atoms with van der Waals surface area (Å²) in [5.41, 5.74) is 4.26. The molecule has 0 saturated carbocycles. The molecule has 2 aromatic heterocycles. The van der Waals surface area contributed by atoms with Gasteiger partial charge in [0.25, 0.3) is 0 Å². The molecule has 29 heavy (non-hydrogen) atoms.